The number of hydrogen-bond acceptors (Lipinski definition) is 4. The Morgan fingerprint density at radius 1 is 1.04 bits per heavy atom. The first-order chi connectivity index (χ1) is 12.4. The van der Waals surface area contributed by atoms with Crippen molar-refractivity contribution in [2.24, 2.45) is 0 Å². The number of rotatable bonds is 4. The molecule has 1 fully saturated rings. The molecule has 1 aliphatic rings. The molecule has 138 valence electrons. The third kappa shape index (κ3) is 4.32. The molecular formula is C18H20BrN3O3S. The number of nitrogens with zero attached hydrogens (tertiary/aromatic N) is 2. The van der Waals surface area contributed by atoms with Gasteiger partial charge >= 0.3 is 0 Å². The second kappa shape index (κ2) is 7.87. The highest BCUT2D eigenvalue weighted by Crippen LogP contribution is 2.20. The van der Waals surface area contributed by atoms with Crippen LogP contribution in [0.1, 0.15) is 10.4 Å². The molecule has 6 nitrogen and oxygen atoms in total. The Balaban J connectivity index is 1.80. The zero-order valence-corrected chi connectivity index (χ0v) is 16.8. The first-order valence-corrected chi connectivity index (χ1v) is 10.5. The molecule has 2 aromatic rings. The Kier molecular flexibility index (Phi) is 5.76. The molecular weight excluding hydrogens is 418 g/mol. The van der Waals surface area contributed by atoms with Gasteiger partial charge in [0.25, 0.3) is 5.91 Å². The fourth-order valence-electron chi connectivity index (χ4n) is 2.74. The van der Waals surface area contributed by atoms with Crippen LogP contribution >= 0.6 is 15.9 Å². The molecule has 0 aromatic heterocycles. The number of carbonyl (C=O) groups excluding carboxylic acids is 1. The number of halogens is 1. The topological polar surface area (TPSA) is 69.7 Å². The highest BCUT2D eigenvalue weighted by molar-refractivity contribution is 9.10. The summed E-state index contributed by atoms with van der Waals surface area (Å²) in [5.74, 6) is -0.349. The summed E-state index contributed by atoms with van der Waals surface area (Å²) in [6, 6.07) is 13.4. The first-order valence-electron chi connectivity index (χ1n) is 8.22. The standard InChI is InChI=1S/C18H20BrN3O3S/c1-21-8-10-22(11-9-21)26(24,25)17-7-2-4-14(12-17)18(23)20-16-6-3-5-15(19)13-16/h2-7,12-13H,8-11H2,1H3,(H,20,23). The Labute approximate surface area is 162 Å². The Hall–Kier alpha value is -1.74. The number of likely N-dealkylation sites (N-methyl/N-ethyl adjacent to an activating group) is 1. The van der Waals surface area contributed by atoms with Crippen LogP contribution in [0.3, 0.4) is 0 Å². The van der Waals surface area contributed by atoms with Gasteiger partial charge in [-0.15, -0.1) is 0 Å². The van der Waals surface area contributed by atoms with Gasteiger partial charge in [0, 0.05) is 41.9 Å². The van der Waals surface area contributed by atoms with Crippen LogP contribution in [-0.2, 0) is 10.0 Å². The summed E-state index contributed by atoms with van der Waals surface area (Å²) in [6.45, 7) is 2.30. The van der Waals surface area contributed by atoms with Gasteiger partial charge in [0.15, 0.2) is 0 Å². The van der Waals surface area contributed by atoms with Gasteiger partial charge in [0.2, 0.25) is 10.0 Å². The molecule has 1 N–H and O–H groups in total. The van der Waals surface area contributed by atoms with E-state index in [1.807, 2.05) is 19.2 Å². The maximum absolute atomic E-state index is 12.8. The number of anilines is 1. The fourth-order valence-corrected chi connectivity index (χ4v) is 4.61. The average Bonchev–Trinajstić information content (AvgIpc) is 2.62. The molecule has 1 heterocycles. The van der Waals surface area contributed by atoms with Crippen molar-refractivity contribution in [1.29, 1.82) is 0 Å². The lowest BCUT2D eigenvalue weighted by atomic mass is 10.2. The van der Waals surface area contributed by atoms with E-state index in [0.29, 0.717) is 37.4 Å². The normalized spacial score (nSPS) is 16.4. The van der Waals surface area contributed by atoms with E-state index in [-0.39, 0.29) is 10.8 Å². The number of benzene rings is 2. The lowest BCUT2D eigenvalue weighted by Gasteiger charge is -2.31. The van der Waals surface area contributed by atoms with Gasteiger partial charge in [0.1, 0.15) is 0 Å². The summed E-state index contributed by atoms with van der Waals surface area (Å²) in [5.41, 5.74) is 0.942. The minimum Gasteiger partial charge on any atom is -0.322 e. The number of sulfonamides is 1. The molecule has 26 heavy (non-hydrogen) atoms. The molecule has 0 radical (unpaired) electrons. The van der Waals surface area contributed by atoms with Crippen LogP contribution in [0, 0.1) is 0 Å². The highest BCUT2D eigenvalue weighted by Gasteiger charge is 2.27. The smallest absolute Gasteiger partial charge is 0.255 e. The maximum atomic E-state index is 12.8. The Morgan fingerprint density at radius 3 is 2.42 bits per heavy atom. The summed E-state index contributed by atoms with van der Waals surface area (Å²) < 4.78 is 28.0. The number of hydrogen-bond donors (Lipinski definition) is 1. The molecule has 0 aliphatic carbocycles. The van der Waals surface area contributed by atoms with Gasteiger partial charge in [0.05, 0.1) is 4.90 Å². The van der Waals surface area contributed by atoms with Gasteiger partial charge in [-0.3, -0.25) is 4.79 Å². The van der Waals surface area contributed by atoms with E-state index in [1.165, 1.54) is 16.4 Å². The van der Waals surface area contributed by atoms with Crippen molar-refractivity contribution in [3.8, 4) is 0 Å². The molecule has 1 amide bonds. The molecule has 0 unspecified atom stereocenters. The van der Waals surface area contributed by atoms with E-state index in [4.69, 9.17) is 0 Å². The minimum atomic E-state index is -3.60. The molecule has 0 saturated carbocycles. The van der Waals surface area contributed by atoms with E-state index in [1.54, 1.807) is 24.3 Å². The number of piperazine rings is 1. The lowest BCUT2D eigenvalue weighted by molar-refractivity contribution is 0.102. The van der Waals surface area contributed by atoms with Gasteiger partial charge in [-0.25, -0.2) is 8.42 Å². The summed E-state index contributed by atoms with van der Waals surface area (Å²) >= 11 is 3.35. The monoisotopic (exact) mass is 437 g/mol. The second-order valence-electron chi connectivity index (χ2n) is 6.20. The van der Waals surface area contributed by atoms with Crippen molar-refractivity contribution in [3.05, 3.63) is 58.6 Å². The molecule has 1 aliphatic heterocycles. The van der Waals surface area contributed by atoms with Gasteiger partial charge in [-0.1, -0.05) is 28.1 Å². The molecule has 1 saturated heterocycles. The zero-order chi connectivity index (χ0) is 18.7. The maximum Gasteiger partial charge on any atom is 0.255 e. The van der Waals surface area contributed by atoms with Crippen LogP contribution in [0.2, 0.25) is 0 Å². The summed E-state index contributed by atoms with van der Waals surface area (Å²) in [6.07, 6.45) is 0. The SMILES string of the molecule is CN1CCN(S(=O)(=O)c2cccc(C(=O)Nc3cccc(Br)c3)c2)CC1. The summed E-state index contributed by atoms with van der Waals surface area (Å²) in [7, 11) is -1.63. The van der Waals surface area contributed by atoms with E-state index in [0.717, 1.165) is 4.47 Å². The van der Waals surface area contributed by atoms with Gasteiger partial charge in [-0.05, 0) is 43.4 Å². The fraction of sp³-hybridized carbons (Fsp3) is 0.278. The van der Waals surface area contributed by atoms with Crippen molar-refractivity contribution in [1.82, 2.24) is 9.21 Å². The molecule has 2 aromatic carbocycles. The Bertz CT molecular complexity index is 909. The van der Waals surface area contributed by atoms with Crippen LogP contribution in [-0.4, -0.2) is 56.8 Å². The lowest BCUT2D eigenvalue weighted by Crippen LogP contribution is -2.47. The predicted octanol–water partition coefficient (Wildman–Crippen LogP) is 2.64. The molecule has 0 bridgehead atoms. The minimum absolute atomic E-state index is 0.143. The number of amides is 1. The second-order valence-corrected chi connectivity index (χ2v) is 9.05. The molecule has 8 heteroatoms. The molecule has 0 spiro atoms. The van der Waals surface area contributed by atoms with Crippen LogP contribution in [0.15, 0.2) is 57.9 Å². The van der Waals surface area contributed by atoms with Crippen molar-refractivity contribution in [2.75, 3.05) is 38.5 Å². The summed E-state index contributed by atoms with van der Waals surface area (Å²) in [4.78, 5) is 14.7. The van der Waals surface area contributed by atoms with Crippen LogP contribution in [0.4, 0.5) is 5.69 Å². The van der Waals surface area contributed by atoms with Crippen molar-refractivity contribution in [3.63, 3.8) is 0 Å². The van der Waals surface area contributed by atoms with E-state index >= 15 is 0 Å². The summed E-state index contributed by atoms with van der Waals surface area (Å²) in [5, 5.41) is 2.78. The van der Waals surface area contributed by atoms with Crippen molar-refractivity contribution < 1.29 is 13.2 Å². The van der Waals surface area contributed by atoms with Crippen LogP contribution in [0.5, 0.6) is 0 Å². The third-order valence-electron chi connectivity index (χ3n) is 4.28. The van der Waals surface area contributed by atoms with Gasteiger partial charge < -0.3 is 10.2 Å². The van der Waals surface area contributed by atoms with E-state index < -0.39 is 10.0 Å². The molecule has 3 rings (SSSR count). The largest absolute Gasteiger partial charge is 0.322 e. The third-order valence-corrected chi connectivity index (χ3v) is 6.67. The van der Waals surface area contributed by atoms with Gasteiger partial charge in [-0.2, -0.15) is 4.31 Å². The highest BCUT2D eigenvalue weighted by atomic mass is 79.9. The number of nitrogens with one attached hydrogen (secondary N) is 1. The van der Waals surface area contributed by atoms with Crippen molar-refractivity contribution in [2.45, 2.75) is 4.90 Å². The van der Waals surface area contributed by atoms with E-state index in [9.17, 15) is 13.2 Å². The zero-order valence-electron chi connectivity index (χ0n) is 14.4. The molecule has 0 atom stereocenters. The average molecular weight is 438 g/mol. The number of carbonyl (C=O) groups is 1. The first kappa shape index (κ1) is 19.0. The quantitative estimate of drug-likeness (QED) is 0.797. The van der Waals surface area contributed by atoms with Crippen LogP contribution in [0.25, 0.3) is 0 Å². The van der Waals surface area contributed by atoms with Crippen LogP contribution < -0.4 is 5.32 Å². The Morgan fingerprint density at radius 2 is 1.73 bits per heavy atom. The van der Waals surface area contributed by atoms with Crippen molar-refractivity contribution >= 4 is 37.5 Å². The predicted molar refractivity (Wildman–Crippen MR) is 105 cm³/mol. The van der Waals surface area contributed by atoms with E-state index in [2.05, 4.69) is 26.1 Å².